The summed E-state index contributed by atoms with van der Waals surface area (Å²) in [6, 6.07) is 52.3. The lowest BCUT2D eigenvalue weighted by atomic mass is 10.1. The first-order chi connectivity index (χ1) is 25.5. The Morgan fingerprint density at radius 3 is 1.60 bits per heavy atom. The van der Waals surface area contributed by atoms with Gasteiger partial charge in [-0.15, -0.1) is 0 Å². The summed E-state index contributed by atoms with van der Waals surface area (Å²) < 4.78 is 35.2. The average molecular weight is 705 g/mol. The van der Waals surface area contributed by atoms with Gasteiger partial charge >= 0.3 is 0 Å². The Morgan fingerprint density at radius 1 is 0.558 bits per heavy atom. The largest absolute Gasteiger partial charge is 0.309 e. The van der Waals surface area contributed by atoms with E-state index in [1.165, 1.54) is 0 Å². The SMILES string of the molecule is [C-]#[N+]c1ccc2c(c1)P(=O)(c1ccccc1)c1cc(-n3c4ccccc4c4ccccc43)cc3c1N2c1ccc(C#N)cc1P3(=O)c1ccccc1. The lowest BCUT2D eigenvalue weighted by Crippen LogP contribution is -2.46. The van der Waals surface area contributed by atoms with Crippen molar-refractivity contribution in [3.8, 4) is 11.8 Å². The van der Waals surface area contributed by atoms with Crippen molar-refractivity contribution in [2.24, 2.45) is 0 Å². The number of benzene rings is 7. The van der Waals surface area contributed by atoms with Gasteiger partial charge in [0, 0.05) is 48.3 Å². The van der Waals surface area contributed by atoms with Gasteiger partial charge in [0.05, 0.1) is 46.3 Å². The summed E-state index contributed by atoms with van der Waals surface area (Å²) in [6.07, 6.45) is 0. The van der Waals surface area contributed by atoms with Crippen molar-refractivity contribution in [3.05, 3.63) is 175 Å². The minimum atomic E-state index is -3.73. The first-order valence-corrected chi connectivity index (χ1v) is 20.2. The molecule has 0 radical (unpaired) electrons. The molecule has 0 fully saturated rings. The molecule has 52 heavy (non-hydrogen) atoms. The molecule has 10 rings (SSSR count). The van der Waals surface area contributed by atoms with E-state index in [9.17, 15) is 5.26 Å². The second-order valence-corrected chi connectivity index (χ2v) is 18.4. The Hall–Kier alpha value is -6.42. The number of nitrogens with zero attached hydrogens (tertiary/aromatic N) is 4. The number of fused-ring (bicyclic) bond motifs is 7. The van der Waals surface area contributed by atoms with Crippen molar-refractivity contribution >= 4 is 90.7 Å². The van der Waals surface area contributed by atoms with Crippen molar-refractivity contribution in [2.75, 3.05) is 4.90 Å². The summed E-state index contributed by atoms with van der Waals surface area (Å²) in [5, 5.41) is 15.7. The molecule has 0 amide bonds. The van der Waals surface area contributed by atoms with Gasteiger partial charge in [0.2, 0.25) is 0 Å². The van der Waals surface area contributed by atoms with Gasteiger partial charge in [-0.25, -0.2) is 4.85 Å². The number of para-hydroxylation sites is 2. The summed E-state index contributed by atoms with van der Waals surface area (Å²) in [6.45, 7) is 7.92. The van der Waals surface area contributed by atoms with E-state index in [-0.39, 0.29) is 0 Å². The molecule has 244 valence electrons. The highest BCUT2D eigenvalue weighted by Crippen LogP contribution is 2.61. The van der Waals surface area contributed by atoms with Gasteiger partial charge in [-0.3, -0.25) is 0 Å². The van der Waals surface area contributed by atoms with Crippen molar-refractivity contribution in [1.82, 2.24) is 4.57 Å². The van der Waals surface area contributed by atoms with Crippen LogP contribution in [0.2, 0.25) is 0 Å². The Morgan fingerprint density at radius 2 is 1.06 bits per heavy atom. The number of nitriles is 1. The summed E-state index contributed by atoms with van der Waals surface area (Å²) in [7, 11) is -7.46. The zero-order valence-electron chi connectivity index (χ0n) is 27.5. The Bertz CT molecular complexity index is 2810. The molecule has 8 aromatic rings. The predicted molar refractivity (Wildman–Crippen MR) is 212 cm³/mol. The topological polar surface area (TPSA) is 70.5 Å². The van der Waals surface area contributed by atoms with Crippen LogP contribution in [0, 0.1) is 17.9 Å². The van der Waals surface area contributed by atoms with Gasteiger partial charge in [0.15, 0.2) is 20.0 Å². The molecule has 8 heteroatoms. The van der Waals surface area contributed by atoms with E-state index in [0.717, 1.165) is 27.5 Å². The maximum absolute atomic E-state index is 16.5. The molecular formula is C44H26N4O2P2. The first kappa shape index (κ1) is 30.4. The fourth-order valence-electron chi connectivity index (χ4n) is 8.15. The molecule has 0 aliphatic carbocycles. The predicted octanol–water partition coefficient (Wildman–Crippen LogP) is 8.58. The minimum absolute atomic E-state index is 0.379. The van der Waals surface area contributed by atoms with Crippen LogP contribution in [0.15, 0.2) is 158 Å². The molecule has 3 heterocycles. The first-order valence-electron chi connectivity index (χ1n) is 16.8. The van der Waals surface area contributed by atoms with E-state index in [2.05, 4.69) is 44.6 Å². The van der Waals surface area contributed by atoms with Crippen LogP contribution in [0.5, 0.6) is 0 Å². The summed E-state index contributed by atoms with van der Waals surface area (Å²) in [4.78, 5) is 5.81. The van der Waals surface area contributed by atoms with Crippen LogP contribution >= 0.6 is 14.3 Å². The Balaban J connectivity index is 1.44. The van der Waals surface area contributed by atoms with Crippen molar-refractivity contribution in [2.45, 2.75) is 0 Å². The standard InChI is InChI=1S/C44H26N4O2P2/c1-46-30-21-23-39-41(25-30)52(50,33-14-6-3-7-15-33)43-27-31(47-36-18-10-8-16-34(36)35-17-9-11-19-37(35)47)26-42-44(43)48(39)38-22-20-29(28-45)24-40(38)51(42,49)32-12-4-2-5-13-32/h2-27H. The molecular weight excluding hydrogens is 678 g/mol. The van der Waals surface area contributed by atoms with Gasteiger partial charge in [-0.05, 0) is 54.6 Å². The molecule has 1 aromatic heterocycles. The zero-order valence-corrected chi connectivity index (χ0v) is 29.3. The third-order valence-corrected chi connectivity index (χ3v) is 16.6. The van der Waals surface area contributed by atoms with Gasteiger partial charge in [0.25, 0.3) is 0 Å². The van der Waals surface area contributed by atoms with Gasteiger partial charge in [-0.1, -0.05) is 103 Å². The van der Waals surface area contributed by atoms with E-state index < -0.39 is 14.3 Å². The highest BCUT2D eigenvalue weighted by molar-refractivity contribution is 7.88. The van der Waals surface area contributed by atoms with Gasteiger partial charge in [0.1, 0.15) is 0 Å². The second-order valence-electron chi connectivity index (χ2n) is 13.0. The summed E-state index contributed by atoms with van der Waals surface area (Å²) >= 11 is 0. The van der Waals surface area contributed by atoms with Crippen LogP contribution in [-0.4, -0.2) is 4.57 Å². The number of anilines is 3. The molecule has 2 unspecified atom stereocenters. The molecule has 0 bridgehead atoms. The van der Waals surface area contributed by atoms with Crippen LogP contribution in [0.3, 0.4) is 0 Å². The normalized spacial score (nSPS) is 18.2. The van der Waals surface area contributed by atoms with Crippen molar-refractivity contribution < 1.29 is 9.13 Å². The summed E-state index contributed by atoms with van der Waals surface area (Å²) in [5.41, 5.74) is 5.35. The smallest absolute Gasteiger partial charge is 0.188 e. The van der Waals surface area contributed by atoms with Crippen LogP contribution in [0.25, 0.3) is 32.3 Å². The fourth-order valence-corrected chi connectivity index (χ4v) is 14.3. The zero-order chi connectivity index (χ0) is 35.2. The lowest BCUT2D eigenvalue weighted by Gasteiger charge is -2.44. The molecule has 0 saturated heterocycles. The Labute approximate surface area is 300 Å². The van der Waals surface area contributed by atoms with Crippen LogP contribution in [-0.2, 0) is 9.13 Å². The maximum atomic E-state index is 16.5. The van der Waals surface area contributed by atoms with Gasteiger partial charge in [-0.2, -0.15) is 5.26 Å². The molecule has 0 saturated carbocycles. The van der Waals surface area contributed by atoms with E-state index >= 15 is 9.13 Å². The lowest BCUT2D eigenvalue weighted by molar-refractivity contribution is 0.592. The maximum Gasteiger partial charge on any atom is 0.188 e. The third kappa shape index (κ3) is 3.94. The second kappa shape index (κ2) is 11.0. The molecule has 2 aliphatic heterocycles. The molecule has 0 N–H and O–H groups in total. The quantitative estimate of drug-likeness (QED) is 0.137. The van der Waals surface area contributed by atoms with E-state index in [0.29, 0.717) is 60.1 Å². The van der Waals surface area contributed by atoms with Crippen LogP contribution < -0.4 is 36.7 Å². The average Bonchev–Trinajstić information content (AvgIpc) is 3.55. The third-order valence-electron chi connectivity index (χ3n) is 10.4. The summed E-state index contributed by atoms with van der Waals surface area (Å²) in [5.74, 6) is 0. The highest BCUT2D eigenvalue weighted by atomic mass is 31.2. The minimum Gasteiger partial charge on any atom is -0.309 e. The number of hydrogen-bond donors (Lipinski definition) is 0. The number of rotatable bonds is 3. The van der Waals surface area contributed by atoms with Crippen molar-refractivity contribution in [1.29, 1.82) is 5.26 Å². The van der Waals surface area contributed by atoms with Crippen LogP contribution in [0.4, 0.5) is 22.7 Å². The monoisotopic (exact) mass is 704 g/mol. The van der Waals surface area contributed by atoms with E-state index in [1.807, 2.05) is 109 Å². The van der Waals surface area contributed by atoms with Crippen LogP contribution in [0.1, 0.15) is 5.56 Å². The van der Waals surface area contributed by atoms with E-state index in [4.69, 9.17) is 6.57 Å². The highest BCUT2D eigenvalue weighted by Gasteiger charge is 2.50. The van der Waals surface area contributed by atoms with Crippen molar-refractivity contribution in [3.63, 3.8) is 0 Å². The molecule has 6 nitrogen and oxygen atoms in total. The fraction of sp³-hybridized carbons (Fsp3) is 0. The molecule has 7 aromatic carbocycles. The number of aromatic nitrogens is 1. The van der Waals surface area contributed by atoms with E-state index in [1.54, 1.807) is 24.3 Å². The molecule has 2 atom stereocenters. The Kier molecular flexibility index (Phi) is 6.45. The molecule has 0 spiro atoms. The van der Waals surface area contributed by atoms with Gasteiger partial charge < -0.3 is 18.6 Å². The molecule has 2 aliphatic rings. The number of hydrogen-bond acceptors (Lipinski definition) is 4.